The van der Waals surface area contributed by atoms with E-state index in [0.29, 0.717) is 5.56 Å². The third-order valence-corrected chi connectivity index (χ3v) is 4.01. The first-order valence-electron chi connectivity index (χ1n) is 7.56. The summed E-state index contributed by atoms with van der Waals surface area (Å²) in [7, 11) is 4.26. The van der Waals surface area contributed by atoms with Gasteiger partial charge in [-0.05, 0) is 17.7 Å². The van der Waals surface area contributed by atoms with Crippen LogP contribution in [0.1, 0.15) is 5.56 Å². The van der Waals surface area contributed by atoms with Crippen LogP contribution < -0.4 is 20.7 Å². The van der Waals surface area contributed by atoms with Crippen molar-refractivity contribution in [2.24, 2.45) is 14.1 Å². The molecule has 0 aliphatic rings. The Labute approximate surface area is 145 Å². The van der Waals surface area contributed by atoms with Crippen molar-refractivity contribution in [1.29, 1.82) is 0 Å². The molecule has 0 bridgehead atoms. The molecule has 0 aliphatic heterocycles. The molecule has 3 aromatic rings. The van der Waals surface area contributed by atoms with Crippen LogP contribution in [0.15, 0.2) is 34.1 Å². The molecule has 138 valence electrons. The van der Waals surface area contributed by atoms with Crippen molar-refractivity contribution in [3.05, 3.63) is 50.9 Å². The van der Waals surface area contributed by atoms with Crippen molar-refractivity contribution in [2.45, 2.75) is 13.2 Å². The molecule has 8 nitrogen and oxygen atoms in total. The molecule has 0 unspecified atom stereocenters. The van der Waals surface area contributed by atoms with Gasteiger partial charge in [0.1, 0.15) is 0 Å². The number of aryl methyl sites for hydroxylation is 1. The van der Waals surface area contributed by atoms with Crippen LogP contribution in [0.5, 0.6) is 11.5 Å². The van der Waals surface area contributed by atoms with Gasteiger partial charge in [-0.15, -0.1) is 0 Å². The van der Waals surface area contributed by atoms with E-state index in [1.54, 1.807) is 10.6 Å². The Morgan fingerprint density at radius 2 is 1.88 bits per heavy atom. The van der Waals surface area contributed by atoms with Gasteiger partial charge in [0.25, 0.3) is 5.56 Å². The Morgan fingerprint density at radius 1 is 1.15 bits per heavy atom. The van der Waals surface area contributed by atoms with E-state index >= 15 is 0 Å². The Hall–Kier alpha value is -3.17. The number of nitrogens with zero attached hydrogens (tertiary/aromatic N) is 4. The second-order valence-corrected chi connectivity index (χ2v) is 5.61. The minimum atomic E-state index is -2.96. The van der Waals surface area contributed by atoms with Gasteiger partial charge in [-0.3, -0.25) is 13.9 Å². The van der Waals surface area contributed by atoms with E-state index in [1.807, 2.05) is 0 Å². The van der Waals surface area contributed by atoms with Crippen molar-refractivity contribution in [3.63, 3.8) is 0 Å². The summed E-state index contributed by atoms with van der Waals surface area (Å²) < 4.78 is 38.2. The van der Waals surface area contributed by atoms with Gasteiger partial charge in [0.05, 0.1) is 13.4 Å². The van der Waals surface area contributed by atoms with Gasteiger partial charge in [-0.1, -0.05) is 6.07 Å². The van der Waals surface area contributed by atoms with E-state index in [1.165, 1.54) is 44.2 Å². The zero-order valence-corrected chi connectivity index (χ0v) is 14.3. The molecule has 10 heteroatoms. The summed E-state index contributed by atoms with van der Waals surface area (Å²) >= 11 is 0. The predicted octanol–water partition coefficient (Wildman–Crippen LogP) is 1.09. The lowest BCUT2D eigenvalue weighted by molar-refractivity contribution is -0.0512. The number of ether oxygens (including phenoxy) is 2. The predicted molar refractivity (Wildman–Crippen MR) is 88.9 cm³/mol. The molecule has 0 spiro atoms. The number of imidazole rings is 1. The van der Waals surface area contributed by atoms with Gasteiger partial charge in [0, 0.05) is 20.6 Å². The lowest BCUT2D eigenvalue weighted by Gasteiger charge is -2.12. The van der Waals surface area contributed by atoms with Gasteiger partial charge < -0.3 is 14.0 Å². The number of alkyl halides is 2. The van der Waals surface area contributed by atoms with Crippen LogP contribution in [0, 0.1) is 0 Å². The Balaban J connectivity index is 2.05. The van der Waals surface area contributed by atoms with Crippen LogP contribution in [0.25, 0.3) is 11.2 Å². The number of rotatable bonds is 5. The number of fused-ring (bicyclic) bond motifs is 1. The molecule has 2 heterocycles. The standard InChI is InChI=1S/C16H16F2N4O4/c1-20-13-12(14(23)21(2)16(20)24)22(8-19-13)7-9-4-5-10(26-15(17)18)11(6-9)25-3/h4-6,8,15H,7H2,1-3H3. The highest BCUT2D eigenvalue weighted by atomic mass is 19.3. The second kappa shape index (κ2) is 6.62. The number of aromatic nitrogens is 4. The minimum Gasteiger partial charge on any atom is -0.493 e. The quantitative estimate of drug-likeness (QED) is 0.675. The number of hydrogen-bond donors (Lipinski definition) is 0. The van der Waals surface area contributed by atoms with Crippen molar-refractivity contribution in [3.8, 4) is 11.5 Å². The smallest absolute Gasteiger partial charge is 0.387 e. The van der Waals surface area contributed by atoms with E-state index in [9.17, 15) is 18.4 Å². The first-order valence-corrected chi connectivity index (χ1v) is 7.56. The Morgan fingerprint density at radius 3 is 2.54 bits per heavy atom. The van der Waals surface area contributed by atoms with E-state index < -0.39 is 17.9 Å². The molecule has 0 fully saturated rings. The van der Waals surface area contributed by atoms with Crippen LogP contribution >= 0.6 is 0 Å². The molecule has 0 atom stereocenters. The average molecular weight is 366 g/mol. The van der Waals surface area contributed by atoms with Crippen LogP contribution in [0.2, 0.25) is 0 Å². The topological polar surface area (TPSA) is 80.3 Å². The highest BCUT2D eigenvalue weighted by Gasteiger charge is 2.16. The van der Waals surface area contributed by atoms with E-state index in [4.69, 9.17) is 4.74 Å². The average Bonchev–Trinajstić information content (AvgIpc) is 3.02. The van der Waals surface area contributed by atoms with Crippen molar-refractivity contribution in [2.75, 3.05) is 7.11 Å². The molecule has 0 amide bonds. The minimum absolute atomic E-state index is 0.0833. The Bertz CT molecular complexity index is 1080. The second-order valence-electron chi connectivity index (χ2n) is 5.61. The number of hydrogen-bond acceptors (Lipinski definition) is 5. The van der Waals surface area contributed by atoms with Gasteiger partial charge >= 0.3 is 12.3 Å². The lowest BCUT2D eigenvalue weighted by atomic mass is 10.2. The van der Waals surface area contributed by atoms with Gasteiger partial charge in [-0.25, -0.2) is 9.78 Å². The maximum atomic E-state index is 12.4. The summed E-state index contributed by atoms with van der Waals surface area (Å²) in [6.07, 6.45) is 1.45. The maximum absolute atomic E-state index is 12.4. The fourth-order valence-corrected chi connectivity index (χ4v) is 2.72. The third kappa shape index (κ3) is 2.93. The molecular formula is C16H16F2N4O4. The van der Waals surface area contributed by atoms with E-state index in [0.717, 1.165) is 4.57 Å². The van der Waals surface area contributed by atoms with Gasteiger partial charge in [0.15, 0.2) is 22.7 Å². The first-order chi connectivity index (χ1) is 12.3. The monoisotopic (exact) mass is 366 g/mol. The summed E-state index contributed by atoms with van der Waals surface area (Å²) in [5, 5.41) is 0. The molecule has 3 rings (SSSR count). The van der Waals surface area contributed by atoms with Crippen molar-refractivity contribution in [1.82, 2.24) is 18.7 Å². The Kier molecular flexibility index (Phi) is 4.49. The van der Waals surface area contributed by atoms with Crippen LogP contribution in [-0.2, 0) is 20.6 Å². The van der Waals surface area contributed by atoms with Gasteiger partial charge in [-0.2, -0.15) is 8.78 Å². The SMILES string of the molecule is COc1cc(Cn2cnc3c2c(=O)n(C)c(=O)n3C)ccc1OC(F)F. The fraction of sp³-hybridized carbons (Fsp3) is 0.312. The fourth-order valence-electron chi connectivity index (χ4n) is 2.72. The molecule has 0 saturated carbocycles. The molecule has 2 aromatic heterocycles. The third-order valence-electron chi connectivity index (χ3n) is 4.01. The molecule has 0 N–H and O–H groups in total. The van der Waals surface area contributed by atoms with Crippen LogP contribution in [0.3, 0.4) is 0 Å². The summed E-state index contributed by atoms with van der Waals surface area (Å²) in [5.74, 6) is 0.0626. The number of methoxy groups -OCH3 is 1. The number of benzene rings is 1. The summed E-state index contributed by atoms with van der Waals surface area (Å²) in [6.45, 7) is -2.73. The molecule has 1 aromatic carbocycles. The van der Waals surface area contributed by atoms with E-state index in [-0.39, 0.29) is 29.2 Å². The maximum Gasteiger partial charge on any atom is 0.387 e. The number of halogens is 2. The highest BCUT2D eigenvalue weighted by Crippen LogP contribution is 2.29. The zero-order chi connectivity index (χ0) is 19.0. The zero-order valence-electron chi connectivity index (χ0n) is 14.3. The molecule has 0 radical (unpaired) electrons. The normalized spacial score (nSPS) is 11.3. The first kappa shape index (κ1) is 17.6. The van der Waals surface area contributed by atoms with Crippen molar-refractivity contribution >= 4 is 11.2 Å². The highest BCUT2D eigenvalue weighted by molar-refractivity contribution is 5.70. The van der Waals surface area contributed by atoms with E-state index in [2.05, 4.69) is 9.72 Å². The summed E-state index contributed by atoms with van der Waals surface area (Å²) in [6, 6.07) is 4.49. The van der Waals surface area contributed by atoms with Crippen molar-refractivity contribution < 1.29 is 18.3 Å². The summed E-state index contributed by atoms with van der Waals surface area (Å²) in [4.78, 5) is 28.5. The largest absolute Gasteiger partial charge is 0.493 e. The summed E-state index contributed by atoms with van der Waals surface area (Å²) in [5.41, 5.74) is 0.274. The molecular weight excluding hydrogens is 350 g/mol. The van der Waals surface area contributed by atoms with Crippen LogP contribution in [0.4, 0.5) is 8.78 Å². The van der Waals surface area contributed by atoms with Crippen LogP contribution in [-0.4, -0.2) is 32.4 Å². The molecule has 26 heavy (non-hydrogen) atoms. The molecule has 0 aliphatic carbocycles. The lowest BCUT2D eigenvalue weighted by Crippen LogP contribution is -2.37. The van der Waals surface area contributed by atoms with Gasteiger partial charge in [0.2, 0.25) is 0 Å². The molecule has 0 saturated heterocycles.